The van der Waals surface area contributed by atoms with Gasteiger partial charge in [0, 0.05) is 25.5 Å². The van der Waals surface area contributed by atoms with Crippen LogP contribution < -0.4 is 0 Å². The van der Waals surface area contributed by atoms with Crippen molar-refractivity contribution in [3.05, 3.63) is 78.6 Å². The first-order chi connectivity index (χ1) is 9.79. The summed E-state index contributed by atoms with van der Waals surface area (Å²) >= 11 is 0. The Morgan fingerprint density at radius 3 is 2.55 bits per heavy atom. The number of rotatable bonds is 6. The molecule has 1 amide bonds. The molecule has 0 spiro atoms. The highest BCUT2D eigenvalue weighted by Crippen LogP contribution is 2.07. The van der Waals surface area contributed by atoms with Crippen molar-refractivity contribution in [1.29, 1.82) is 0 Å². The fourth-order valence-corrected chi connectivity index (χ4v) is 2.02. The zero-order valence-electron chi connectivity index (χ0n) is 11.4. The van der Waals surface area contributed by atoms with Crippen molar-refractivity contribution in [1.82, 2.24) is 9.88 Å². The lowest BCUT2D eigenvalue weighted by Crippen LogP contribution is -2.31. The number of carbonyl (C=O) groups is 1. The normalized spacial score (nSPS) is 10.0. The maximum atomic E-state index is 11.9. The van der Waals surface area contributed by atoms with E-state index < -0.39 is 0 Å². The average Bonchev–Trinajstić information content (AvgIpc) is 2.52. The largest absolute Gasteiger partial charge is 0.334 e. The minimum Gasteiger partial charge on any atom is -0.334 e. The molecule has 2 rings (SSSR count). The topological polar surface area (TPSA) is 33.2 Å². The number of amides is 1. The standard InChI is InChI=1S/C17H18N2O/c1-2-17(20)19(14-16-9-6-11-18-13-16)12-10-15-7-4-3-5-8-15/h2-9,11,13H,1,10,12,14H2. The van der Waals surface area contributed by atoms with Crippen molar-refractivity contribution in [2.45, 2.75) is 13.0 Å². The Labute approximate surface area is 119 Å². The quantitative estimate of drug-likeness (QED) is 0.753. The Bertz CT molecular complexity index is 552. The van der Waals surface area contributed by atoms with Gasteiger partial charge < -0.3 is 4.90 Å². The molecule has 3 heteroatoms. The fraction of sp³-hybridized carbons (Fsp3) is 0.176. The number of aromatic nitrogens is 1. The van der Waals surface area contributed by atoms with E-state index >= 15 is 0 Å². The Morgan fingerprint density at radius 1 is 1.15 bits per heavy atom. The van der Waals surface area contributed by atoms with Gasteiger partial charge in [-0.1, -0.05) is 43.0 Å². The Hall–Kier alpha value is -2.42. The van der Waals surface area contributed by atoms with Crippen molar-refractivity contribution < 1.29 is 4.79 Å². The molecule has 0 fully saturated rings. The fourth-order valence-electron chi connectivity index (χ4n) is 2.02. The van der Waals surface area contributed by atoms with Gasteiger partial charge in [-0.2, -0.15) is 0 Å². The van der Waals surface area contributed by atoms with Crippen molar-refractivity contribution in [3.8, 4) is 0 Å². The van der Waals surface area contributed by atoms with Crippen LogP contribution in [0.2, 0.25) is 0 Å². The highest BCUT2D eigenvalue weighted by molar-refractivity contribution is 5.86. The van der Waals surface area contributed by atoms with E-state index in [1.165, 1.54) is 11.6 Å². The maximum Gasteiger partial charge on any atom is 0.246 e. The van der Waals surface area contributed by atoms with E-state index in [1.807, 2.05) is 30.3 Å². The molecule has 0 atom stereocenters. The van der Waals surface area contributed by atoms with Crippen LogP contribution in [0.4, 0.5) is 0 Å². The molecule has 0 aliphatic carbocycles. The van der Waals surface area contributed by atoms with E-state index in [0.29, 0.717) is 13.1 Å². The summed E-state index contributed by atoms with van der Waals surface area (Å²) in [6.07, 6.45) is 5.71. The van der Waals surface area contributed by atoms with E-state index in [2.05, 4.69) is 23.7 Å². The number of hydrogen-bond acceptors (Lipinski definition) is 2. The molecule has 1 heterocycles. The summed E-state index contributed by atoms with van der Waals surface area (Å²) in [7, 11) is 0. The predicted octanol–water partition coefficient (Wildman–Crippen LogP) is 2.84. The molecule has 0 saturated heterocycles. The van der Waals surface area contributed by atoms with Gasteiger partial charge in [0.2, 0.25) is 5.91 Å². The summed E-state index contributed by atoms with van der Waals surface area (Å²) in [6, 6.07) is 14.0. The van der Waals surface area contributed by atoms with Crippen LogP contribution in [0.15, 0.2) is 67.5 Å². The van der Waals surface area contributed by atoms with Gasteiger partial charge >= 0.3 is 0 Å². The van der Waals surface area contributed by atoms with Gasteiger partial charge in [-0.05, 0) is 29.7 Å². The lowest BCUT2D eigenvalue weighted by Gasteiger charge is -2.21. The van der Waals surface area contributed by atoms with Crippen LogP contribution >= 0.6 is 0 Å². The van der Waals surface area contributed by atoms with Crippen LogP contribution in [0.3, 0.4) is 0 Å². The van der Waals surface area contributed by atoms with Gasteiger partial charge in [-0.15, -0.1) is 0 Å². The molecule has 0 aliphatic heterocycles. The minimum atomic E-state index is -0.0511. The highest BCUT2D eigenvalue weighted by atomic mass is 16.2. The second-order valence-electron chi connectivity index (χ2n) is 4.56. The Kier molecular flexibility index (Phi) is 5.07. The summed E-state index contributed by atoms with van der Waals surface area (Å²) in [4.78, 5) is 17.8. The molecule has 0 aliphatic rings. The zero-order chi connectivity index (χ0) is 14.2. The molecule has 0 saturated carbocycles. The summed E-state index contributed by atoms with van der Waals surface area (Å²) in [6.45, 7) is 4.80. The number of nitrogens with zero attached hydrogens (tertiary/aromatic N) is 2. The van der Waals surface area contributed by atoms with E-state index in [1.54, 1.807) is 17.3 Å². The molecule has 0 radical (unpaired) electrons. The molecule has 3 nitrogen and oxygen atoms in total. The van der Waals surface area contributed by atoms with Crippen LogP contribution in [-0.4, -0.2) is 22.3 Å². The molecular formula is C17H18N2O. The average molecular weight is 266 g/mol. The molecule has 102 valence electrons. The van der Waals surface area contributed by atoms with Gasteiger partial charge in [0.05, 0.1) is 0 Å². The summed E-state index contributed by atoms with van der Waals surface area (Å²) < 4.78 is 0. The molecule has 0 unspecified atom stereocenters. The van der Waals surface area contributed by atoms with Gasteiger partial charge in [0.25, 0.3) is 0 Å². The molecule has 1 aromatic heterocycles. The maximum absolute atomic E-state index is 11.9. The number of hydrogen-bond donors (Lipinski definition) is 0. The van der Waals surface area contributed by atoms with Gasteiger partial charge in [0.15, 0.2) is 0 Å². The monoisotopic (exact) mass is 266 g/mol. The molecule has 0 bridgehead atoms. The summed E-state index contributed by atoms with van der Waals surface area (Å²) in [5, 5.41) is 0. The molecule has 1 aromatic carbocycles. The first-order valence-corrected chi connectivity index (χ1v) is 6.64. The van der Waals surface area contributed by atoms with Gasteiger partial charge in [-0.25, -0.2) is 0 Å². The Morgan fingerprint density at radius 2 is 1.90 bits per heavy atom. The van der Waals surface area contributed by atoms with E-state index in [0.717, 1.165) is 12.0 Å². The second-order valence-corrected chi connectivity index (χ2v) is 4.56. The lowest BCUT2D eigenvalue weighted by atomic mass is 10.1. The first kappa shape index (κ1) is 14.0. The second kappa shape index (κ2) is 7.24. The lowest BCUT2D eigenvalue weighted by molar-refractivity contribution is -0.126. The smallest absolute Gasteiger partial charge is 0.246 e. The summed E-state index contributed by atoms with van der Waals surface area (Å²) in [5.41, 5.74) is 2.25. The van der Waals surface area contributed by atoms with E-state index in [9.17, 15) is 4.79 Å². The summed E-state index contributed by atoms with van der Waals surface area (Å²) in [5.74, 6) is -0.0511. The number of benzene rings is 1. The molecular weight excluding hydrogens is 248 g/mol. The molecule has 20 heavy (non-hydrogen) atoms. The van der Waals surface area contributed by atoms with Crippen molar-refractivity contribution in [3.63, 3.8) is 0 Å². The third-order valence-corrected chi connectivity index (χ3v) is 3.10. The highest BCUT2D eigenvalue weighted by Gasteiger charge is 2.10. The van der Waals surface area contributed by atoms with Crippen LogP contribution in [0.1, 0.15) is 11.1 Å². The van der Waals surface area contributed by atoms with Gasteiger partial charge in [-0.3, -0.25) is 9.78 Å². The zero-order valence-corrected chi connectivity index (χ0v) is 11.4. The number of pyridine rings is 1. The number of carbonyl (C=O) groups excluding carboxylic acids is 1. The van der Waals surface area contributed by atoms with Gasteiger partial charge in [0.1, 0.15) is 0 Å². The van der Waals surface area contributed by atoms with Crippen LogP contribution in [0, 0.1) is 0 Å². The third kappa shape index (κ3) is 4.05. The third-order valence-electron chi connectivity index (χ3n) is 3.10. The minimum absolute atomic E-state index is 0.0511. The van der Waals surface area contributed by atoms with Crippen molar-refractivity contribution in [2.75, 3.05) is 6.54 Å². The van der Waals surface area contributed by atoms with Crippen molar-refractivity contribution >= 4 is 5.91 Å². The Balaban J connectivity index is 2.01. The van der Waals surface area contributed by atoms with Crippen LogP contribution in [-0.2, 0) is 17.8 Å². The molecule has 0 N–H and O–H groups in total. The first-order valence-electron chi connectivity index (χ1n) is 6.64. The SMILES string of the molecule is C=CC(=O)N(CCc1ccccc1)Cc1cccnc1. The predicted molar refractivity (Wildman–Crippen MR) is 80.0 cm³/mol. The van der Waals surface area contributed by atoms with E-state index in [-0.39, 0.29) is 5.91 Å². The van der Waals surface area contributed by atoms with E-state index in [4.69, 9.17) is 0 Å². The van der Waals surface area contributed by atoms with Crippen molar-refractivity contribution in [2.24, 2.45) is 0 Å². The van der Waals surface area contributed by atoms with Crippen LogP contribution in [0.5, 0.6) is 0 Å². The van der Waals surface area contributed by atoms with Crippen LogP contribution in [0.25, 0.3) is 0 Å². The molecule has 2 aromatic rings.